The number of nitrogens with two attached hydrogens (primary N) is 1. The standard InChI is InChI=1S/C10H7NO2.C6H15N3.2ClH/c12-10(13)8-5-7-3-1-2-4-9(7)11-6-8;1-2-3-4-5-9-6(7)8;;/h1-6H,(H,12,13);2-5H2,1H3,(H4,7,8,9);2*1H. The highest BCUT2D eigenvalue weighted by Crippen LogP contribution is 2.12. The zero-order valence-corrected chi connectivity index (χ0v) is 15.1. The van der Waals surface area contributed by atoms with Crippen LogP contribution in [0.25, 0.3) is 10.9 Å². The number of benzene rings is 1. The summed E-state index contributed by atoms with van der Waals surface area (Å²) >= 11 is 0. The van der Waals surface area contributed by atoms with Crippen LogP contribution in [0.5, 0.6) is 0 Å². The van der Waals surface area contributed by atoms with Crippen LogP contribution in [0.2, 0.25) is 0 Å². The predicted molar refractivity (Wildman–Crippen MR) is 103 cm³/mol. The normalized spacial score (nSPS) is 8.88. The molecule has 0 spiro atoms. The molecule has 0 amide bonds. The summed E-state index contributed by atoms with van der Waals surface area (Å²) in [6.07, 6.45) is 4.89. The Bertz CT molecular complexity index is 638. The van der Waals surface area contributed by atoms with Gasteiger partial charge in [0.25, 0.3) is 0 Å². The van der Waals surface area contributed by atoms with Gasteiger partial charge in [-0.3, -0.25) is 10.4 Å². The van der Waals surface area contributed by atoms with Gasteiger partial charge in [-0.25, -0.2) is 4.79 Å². The van der Waals surface area contributed by atoms with Gasteiger partial charge in [0.05, 0.1) is 11.1 Å². The third kappa shape index (κ3) is 9.17. The monoisotopic (exact) mass is 374 g/mol. The molecule has 1 heterocycles. The molecule has 0 aliphatic heterocycles. The lowest BCUT2D eigenvalue weighted by atomic mass is 10.2. The number of guanidine groups is 1. The maximum absolute atomic E-state index is 10.6. The molecule has 0 fully saturated rings. The van der Waals surface area contributed by atoms with Crippen molar-refractivity contribution in [1.82, 2.24) is 10.3 Å². The first-order valence-corrected chi connectivity index (χ1v) is 7.20. The van der Waals surface area contributed by atoms with E-state index in [1.165, 1.54) is 19.0 Å². The maximum Gasteiger partial charge on any atom is 0.337 e. The van der Waals surface area contributed by atoms with Gasteiger partial charge >= 0.3 is 5.97 Å². The number of rotatable bonds is 5. The van der Waals surface area contributed by atoms with E-state index in [2.05, 4.69) is 17.2 Å². The van der Waals surface area contributed by atoms with Crippen molar-refractivity contribution in [3.8, 4) is 0 Å². The van der Waals surface area contributed by atoms with Crippen LogP contribution >= 0.6 is 24.8 Å². The molecule has 0 atom stereocenters. The van der Waals surface area contributed by atoms with Gasteiger partial charge in [-0.15, -0.1) is 24.8 Å². The Hall–Kier alpha value is -2.05. The highest BCUT2D eigenvalue weighted by atomic mass is 35.5. The van der Waals surface area contributed by atoms with E-state index in [0.29, 0.717) is 0 Å². The van der Waals surface area contributed by atoms with Crippen molar-refractivity contribution in [2.45, 2.75) is 26.2 Å². The third-order valence-electron chi connectivity index (χ3n) is 2.93. The quantitative estimate of drug-likeness (QED) is 0.363. The fourth-order valence-electron chi connectivity index (χ4n) is 1.79. The van der Waals surface area contributed by atoms with Crippen molar-refractivity contribution < 1.29 is 9.90 Å². The Morgan fingerprint density at radius 3 is 2.54 bits per heavy atom. The van der Waals surface area contributed by atoms with Crippen LogP contribution in [0.3, 0.4) is 0 Å². The van der Waals surface area contributed by atoms with Gasteiger partial charge in [-0.1, -0.05) is 38.0 Å². The highest BCUT2D eigenvalue weighted by Gasteiger charge is 2.03. The van der Waals surface area contributed by atoms with Crippen molar-refractivity contribution >= 4 is 47.6 Å². The molecule has 1 aromatic heterocycles. The van der Waals surface area contributed by atoms with Crippen molar-refractivity contribution in [3.05, 3.63) is 42.1 Å². The van der Waals surface area contributed by atoms with Crippen LogP contribution in [0.4, 0.5) is 0 Å². The lowest BCUT2D eigenvalue weighted by molar-refractivity contribution is 0.0696. The van der Waals surface area contributed by atoms with Gasteiger partial charge in [0.1, 0.15) is 0 Å². The van der Waals surface area contributed by atoms with E-state index < -0.39 is 5.97 Å². The minimum Gasteiger partial charge on any atom is -0.478 e. The highest BCUT2D eigenvalue weighted by molar-refractivity contribution is 5.92. The number of hydrogen-bond donors (Lipinski definition) is 4. The Morgan fingerprint density at radius 1 is 1.29 bits per heavy atom. The number of hydrogen-bond acceptors (Lipinski definition) is 3. The smallest absolute Gasteiger partial charge is 0.337 e. The Labute approximate surface area is 154 Å². The van der Waals surface area contributed by atoms with Crippen molar-refractivity contribution in [1.29, 1.82) is 5.41 Å². The average molecular weight is 375 g/mol. The van der Waals surface area contributed by atoms with Gasteiger partial charge < -0.3 is 16.2 Å². The second-order valence-corrected chi connectivity index (χ2v) is 4.77. The van der Waals surface area contributed by atoms with Gasteiger partial charge in [-0.05, 0) is 18.6 Å². The Balaban J connectivity index is 0. The fourth-order valence-corrected chi connectivity index (χ4v) is 1.79. The SMILES string of the molecule is CCCCCNC(=N)N.Cl.Cl.O=C(O)c1cnc2ccccc2c1. The number of carboxylic acids is 1. The number of aromatic nitrogens is 1. The molecule has 24 heavy (non-hydrogen) atoms. The molecule has 0 saturated heterocycles. The zero-order valence-electron chi connectivity index (χ0n) is 13.5. The maximum atomic E-state index is 10.6. The molecule has 2 aromatic rings. The predicted octanol–water partition coefficient (Wildman–Crippen LogP) is 3.44. The number of fused-ring (bicyclic) bond motifs is 1. The summed E-state index contributed by atoms with van der Waals surface area (Å²) in [7, 11) is 0. The number of carbonyl (C=O) groups is 1. The largest absolute Gasteiger partial charge is 0.478 e. The number of carboxylic acid groups (broad SMARTS) is 1. The second kappa shape index (κ2) is 13.4. The lowest BCUT2D eigenvalue weighted by Gasteiger charge is -2.00. The number of halogens is 2. The summed E-state index contributed by atoms with van der Waals surface area (Å²) in [5.74, 6) is -0.871. The van der Waals surface area contributed by atoms with E-state index in [9.17, 15) is 4.79 Å². The second-order valence-electron chi connectivity index (χ2n) is 4.77. The van der Waals surface area contributed by atoms with Crippen LogP contribution in [-0.4, -0.2) is 28.6 Å². The Morgan fingerprint density at radius 2 is 1.96 bits per heavy atom. The first-order valence-electron chi connectivity index (χ1n) is 7.20. The lowest BCUT2D eigenvalue weighted by Crippen LogP contribution is -2.30. The number of para-hydroxylation sites is 1. The number of pyridine rings is 1. The molecule has 0 unspecified atom stereocenters. The van der Waals surface area contributed by atoms with E-state index in [1.807, 2.05) is 24.3 Å². The number of aromatic carboxylic acids is 1. The fraction of sp³-hybridized carbons (Fsp3) is 0.312. The summed E-state index contributed by atoms with van der Waals surface area (Å²) in [5.41, 5.74) is 6.08. The summed E-state index contributed by atoms with van der Waals surface area (Å²) in [6, 6.07) is 9.03. The number of unbranched alkanes of at least 4 members (excludes halogenated alkanes) is 2. The average Bonchev–Trinajstić information content (AvgIpc) is 2.51. The third-order valence-corrected chi connectivity index (χ3v) is 2.93. The molecular formula is C16H24Cl2N4O2. The van der Waals surface area contributed by atoms with Crippen LogP contribution in [0.1, 0.15) is 36.5 Å². The van der Waals surface area contributed by atoms with E-state index in [-0.39, 0.29) is 36.3 Å². The summed E-state index contributed by atoms with van der Waals surface area (Å²) in [4.78, 5) is 14.6. The van der Waals surface area contributed by atoms with Gasteiger partial charge in [0, 0.05) is 18.1 Å². The van der Waals surface area contributed by atoms with E-state index in [0.717, 1.165) is 23.9 Å². The molecule has 1 aromatic carbocycles. The summed E-state index contributed by atoms with van der Waals surface area (Å²) in [6.45, 7) is 2.98. The first-order chi connectivity index (χ1) is 10.5. The van der Waals surface area contributed by atoms with E-state index in [1.54, 1.807) is 6.07 Å². The summed E-state index contributed by atoms with van der Waals surface area (Å²) < 4.78 is 0. The van der Waals surface area contributed by atoms with Crippen LogP contribution in [-0.2, 0) is 0 Å². The molecule has 0 radical (unpaired) electrons. The molecule has 5 N–H and O–H groups in total. The molecular weight excluding hydrogens is 351 g/mol. The zero-order chi connectivity index (χ0) is 16.4. The van der Waals surface area contributed by atoms with Gasteiger partial charge in [0.2, 0.25) is 0 Å². The topological polar surface area (TPSA) is 112 Å². The molecule has 8 heteroatoms. The van der Waals surface area contributed by atoms with Crippen molar-refractivity contribution in [2.75, 3.05) is 6.54 Å². The molecule has 0 aliphatic rings. The van der Waals surface area contributed by atoms with Crippen molar-refractivity contribution in [3.63, 3.8) is 0 Å². The minimum absolute atomic E-state index is 0. The van der Waals surface area contributed by atoms with Crippen molar-refractivity contribution in [2.24, 2.45) is 5.73 Å². The molecule has 0 saturated carbocycles. The number of nitrogens with one attached hydrogen (secondary N) is 2. The van der Waals surface area contributed by atoms with E-state index in [4.69, 9.17) is 16.2 Å². The van der Waals surface area contributed by atoms with Crippen LogP contribution in [0, 0.1) is 5.41 Å². The molecule has 6 nitrogen and oxygen atoms in total. The van der Waals surface area contributed by atoms with Crippen LogP contribution in [0.15, 0.2) is 36.5 Å². The van der Waals surface area contributed by atoms with Gasteiger partial charge in [0.15, 0.2) is 5.96 Å². The Kier molecular flexibility index (Phi) is 13.5. The molecule has 134 valence electrons. The molecule has 2 rings (SSSR count). The number of nitrogens with zero attached hydrogens (tertiary/aromatic N) is 1. The molecule has 0 bridgehead atoms. The van der Waals surface area contributed by atoms with E-state index >= 15 is 0 Å². The van der Waals surface area contributed by atoms with Gasteiger partial charge in [-0.2, -0.15) is 0 Å². The molecule has 0 aliphatic carbocycles. The minimum atomic E-state index is -0.946. The van der Waals surface area contributed by atoms with Crippen LogP contribution < -0.4 is 11.1 Å². The first kappa shape index (κ1) is 24.2. The summed E-state index contributed by atoms with van der Waals surface area (Å²) in [5, 5.41) is 19.1.